The van der Waals surface area contributed by atoms with Crippen LogP contribution in [0.5, 0.6) is 0 Å². The highest BCUT2D eigenvalue weighted by Crippen LogP contribution is 2.61. The number of nitrogens with one attached hydrogen (secondary N) is 2. The lowest BCUT2D eigenvalue weighted by Crippen LogP contribution is -2.46. The van der Waals surface area contributed by atoms with E-state index in [1.807, 2.05) is 0 Å². The summed E-state index contributed by atoms with van der Waals surface area (Å²) in [4.78, 5) is 99.8. The number of Topliss-reactive ketones (excluding diaryl/α,β-unsaturated/α-hetero) is 1. The SMILES string of the molecule is CC(C)(COP(=O)(O)OP(=O)(O)OCC1OC(n2cnc3c(N)ncnc32)C(O)C1OP(=O)(O)O)C(O)C(=O)NCCC(=O)NCCSC(=O)C1CCCCC1=O. The zero-order chi connectivity index (χ0) is 42.3. The molecule has 0 bridgehead atoms. The number of thioether (sulfide) groups is 1. The smallest absolute Gasteiger partial charge is 0.386 e. The minimum absolute atomic E-state index is 0.0256. The second-order valence-electron chi connectivity index (χ2n) is 13.5. The summed E-state index contributed by atoms with van der Waals surface area (Å²) in [5.74, 6) is -1.96. The molecule has 3 heterocycles. The van der Waals surface area contributed by atoms with Crippen molar-refractivity contribution in [2.45, 2.75) is 76.6 Å². The first kappa shape index (κ1) is 46.9. The van der Waals surface area contributed by atoms with Gasteiger partial charge in [-0.1, -0.05) is 32.0 Å². The first-order valence-electron chi connectivity index (χ1n) is 17.1. The topological polar surface area (TPSA) is 381 Å². The zero-order valence-electron chi connectivity index (χ0n) is 30.4. The van der Waals surface area contributed by atoms with Crippen molar-refractivity contribution in [2.24, 2.45) is 11.3 Å². The molecular weight excluding hydrogens is 847 g/mol. The number of fused-ring (bicyclic) bond motifs is 1. The maximum absolute atomic E-state index is 12.7. The number of aromatic nitrogens is 4. The molecule has 1 aliphatic carbocycles. The normalized spacial score (nSPS) is 24.4. The first-order valence-corrected chi connectivity index (χ1v) is 22.6. The Kier molecular flexibility index (Phi) is 16.1. The lowest BCUT2D eigenvalue weighted by Gasteiger charge is -2.30. The van der Waals surface area contributed by atoms with Crippen LogP contribution in [0.1, 0.15) is 52.2 Å². The summed E-state index contributed by atoms with van der Waals surface area (Å²) in [7, 11) is -16.4. The molecule has 2 amide bonds. The van der Waals surface area contributed by atoms with E-state index in [1.54, 1.807) is 0 Å². The number of rotatable bonds is 20. The third kappa shape index (κ3) is 13.4. The number of carbonyl (C=O) groups excluding carboxylic acids is 4. The van der Waals surface area contributed by atoms with Gasteiger partial charge in [0.2, 0.25) is 11.8 Å². The Bertz CT molecular complexity index is 1930. The number of hydrogen-bond donors (Lipinski definition) is 9. The molecule has 1 saturated carbocycles. The maximum atomic E-state index is 12.7. The molecular formula is C28H44N7O18P3S. The second kappa shape index (κ2) is 19.5. The van der Waals surface area contributed by atoms with Gasteiger partial charge in [0.25, 0.3) is 0 Å². The van der Waals surface area contributed by atoms with Crippen LogP contribution in [-0.2, 0) is 55.5 Å². The van der Waals surface area contributed by atoms with Gasteiger partial charge in [-0.25, -0.2) is 28.6 Å². The van der Waals surface area contributed by atoms with E-state index in [4.69, 9.17) is 19.5 Å². The Morgan fingerprint density at radius 3 is 2.46 bits per heavy atom. The van der Waals surface area contributed by atoms with Crippen molar-refractivity contribution in [3.8, 4) is 0 Å². The standard InChI is InChI=1S/C28H44N7O18P3S/c1-28(2,22(39)25(40)31-8-7-18(37)30-9-10-57-27(41)15-5-3-4-6-16(15)36)12-50-56(47,48)53-55(45,46)49-11-17-21(52-54(42,43)44)20(38)26(51-17)35-14-34-19-23(29)32-13-33-24(19)35/h13-15,17,20-22,26,38-39H,3-12H2,1-2H3,(H,30,37)(H,31,40)(H,45,46)(H,47,48)(H2,29,32,33)(H2,42,43,44). The van der Waals surface area contributed by atoms with Gasteiger partial charge in [-0.15, -0.1) is 0 Å². The van der Waals surface area contributed by atoms with E-state index in [-0.39, 0.29) is 53.1 Å². The largest absolute Gasteiger partial charge is 0.481 e. The van der Waals surface area contributed by atoms with Gasteiger partial charge in [-0.2, -0.15) is 4.31 Å². The van der Waals surface area contributed by atoms with Crippen LogP contribution in [0, 0.1) is 11.3 Å². The Morgan fingerprint density at radius 1 is 1.07 bits per heavy atom. The maximum Gasteiger partial charge on any atom is 0.481 e. The molecule has 29 heteroatoms. The number of hydrogen-bond acceptors (Lipinski definition) is 19. The van der Waals surface area contributed by atoms with Crippen molar-refractivity contribution in [3.63, 3.8) is 0 Å². The minimum atomic E-state index is -5.58. The Hall–Kier alpha value is -2.77. The molecule has 10 N–H and O–H groups in total. The number of carbonyl (C=O) groups is 4. The number of amides is 2. The number of aliphatic hydroxyl groups is 2. The van der Waals surface area contributed by atoms with Gasteiger partial charge < -0.3 is 50.9 Å². The minimum Gasteiger partial charge on any atom is -0.386 e. The first-order chi connectivity index (χ1) is 26.5. The molecule has 0 radical (unpaired) electrons. The third-order valence-electron chi connectivity index (χ3n) is 8.59. The van der Waals surface area contributed by atoms with Crippen LogP contribution in [0.4, 0.5) is 5.82 Å². The van der Waals surface area contributed by atoms with Crippen molar-refractivity contribution in [3.05, 3.63) is 12.7 Å². The molecule has 2 aromatic heterocycles. The molecule has 2 aromatic rings. The molecule has 25 nitrogen and oxygen atoms in total. The quantitative estimate of drug-likeness (QED) is 0.0456. The van der Waals surface area contributed by atoms with E-state index in [9.17, 15) is 62.7 Å². The van der Waals surface area contributed by atoms with E-state index in [1.165, 1.54) is 13.8 Å². The number of nitrogens with two attached hydrogens (primary N) is 1. The number of imidazole rings is 1. The molecule has 57 heavy (non-hydrogen) atoms. The molecule has 2 aliphatic rings. The molecule has 8 unspecified atom stereocenters. The zero-order valence-corrected chi connectivity index (χ0v) is 33.9. The van der Waals surface area contributed by atoms with Crippen LogP contribution in [0.2, 0.25) is 0 Å². The monoisotopic (exact) mass is 891 g/mol. The highest BCUT2D eigenvalue weighted by Gasteiger charge is 2.50. The highest BCUT2D eigenvalue weighted by molar-refractivity contribution is 8.13. The summed E-state index contributed by atoms with van der Waals surface area (Å²) in [6.45, 7) is 0.346. The van der Waals surface area contributed by atoms with Crippen molar-refractivity contribution < 1.29 is 85.3 Å². The Labute approximate surface area is 328 Å². The van der Waals surface area contributed by atoms with Crippen LogP contribution in [-0.4, -0.2) is 128 Å². The average molecular weight is 892 g/mol. The number of anilines is 1. The summed E-state index contributed by atoms with van der Waals surface area (Å²) in [6.07, 6.45) is -4.51. The molecule has 1 saturated heterocycles. The highest BCUT2D eigenvalue weighted by atomic mass is 32.2. The van der Waals surface area contributed by atoms with Crippen LogP contribution >= 0.6 is 35.2 Å². The number of phosphoric acid groups is 3. The molecule has 1 aliphatic heterocycles. The number of nitrogen functional groups attached to an aromatic ring is 1. The molecule has 4 rings (SSSR count). The van der Waals surface area contributed by atoms with Crippen LogP contribution in [0.15, 0.2) is 12.7 Å². The van der Waals surface area contributed by atoms with Crippen molar-refractivity contribution >= 4 is 74.9 Å². The van der Waals surface area contributed by atoms with E-state index in [0.29, 0.717) is 12.8 Å². The van der Waals surface area contributed by atoms with E-state index >= 15 is 0 Å². The molecule has 0 spiro atoms. The Morgan fingerprint density at radius 2 is 1.77 bits per heavy atom. The van der Waals surface area contributed by atoms with Crippen LogP contribution in [0.25, 0.3) is 11.2 Å². The van der Waals surface area contributed by atoms with E-state index in [2.05, 4.69) is 34.4 Å². The lowest BCUT2D eigenvalue weighted by atomic mass is 9.87. The van der Waals surface area contributed by atoms with Gasteiger partial charge in [0.15, 0.2) is 22.8 Å². The summed E-state index contributed by atoms with van der Waals surface area (Å²) in [5, 5.41) is 26.1. The van der Waals surface area contributed by atoms with E-state index in [0.717, 1.165) is 41.8 Å². The number of ketones is 1. The summed E-state index contributed by atoms with van der Waals surface area (Å²) >= 11 is 0.960. The lowest BCUT2D eigenvalue weighted by molar-refractivity contribution is -0.137. The predicted octanol–water partition coefficient (Wildman–Crippen LogP) is -0.576. The molecule has 320 valence electrons. The van der Waals surface area contributed by atoms with Gasteiger partial charge in [-0.3, -0.25) is 37.3 Å². The van der Waals surface area contributed by atoms with Crippen molar-refractivity contribution in [1.82, 2.24) is 30.2 Å². The van der Waals surface area contributed by atoms with Crippen LogP contribution in [0.3, 0.4) is 0 Å². The molecule has 0 aromatic carbocycles. The fraction of sp³-hybridized carbons (Fsp3) is 0.679. The van der Waals surface area contributed by atoms with Gasteiger partial charge in [0.1, 0.15) is 42.0 Å². The third-order valence-corrected chi connectivity index (χ3v) is 12.7. The van der Waals surface area contributed by atoms with Crippen LogP contribution < -0.4 is 16.4 Å². The van der Waals surface area contributed by atoms with Gasteiger partial charge >= 0.3 is 23.5 Å². The molecule has 2 fully saturated rings. The van der Waals surface area contributed by atoms with E-state index < -0.39 is 90.5 Å². The fourth-order valence-corrected chi connectivity index (χ4v) is 9.30. The van der Waals surface area contributed by atoms with Gasteiger partial charge in [-0.05, 0) is 12.8 Å². The summed E-state index contributed by atoms with van der Waals surface area (Å²) < 4.78 is 62.1. The fourth-order valence-electron chi connectivity index (χ4n) is 5.61. The number of phosphoric ester groups is 3. The Balaban J connectivity index is 1.22. The van der Waals surface area contributed by atoms with Crippen molar-refractivity contribution in [1.29, 1.82) is 0 Å². The number of aliphatic hydroxyl groups excluding tert-OH is 2. The summed E-state index contributed by atoms with van der Waals surface area (Å²) in [6, 6.07) is 0. The predicted molar refractivity (Wildman–Crippen MR) is 194 cm³/mol. The number of ether oxygens (including phenoxy) is 1. The van der Waals surface area contributed by atoms with Gasteiger partial charge in [0, 0.05) is 37.1 Å². The molecule has 8 atom stereocenters. The van der Waals surface area contributed by atoms with Crippen molar-refractivity contribution in [2.75, 3.05) is 37.8 Å². The van der Waals surface area contributed by atoms with Gasteiger partial charge in [0.05, 0.1) is 25.5 Å². The summed E-state index contributed by atoms with van der Waals surface area (Å²) in [5.41, 5.74) is 4.23. The average Bonchev–Trinajstić information content (AvgIpc) is 3.68. The number of nitrogens with zero attached hydrogens (tertiary/aromatic N) is 4. The second-order valence-corrected chi connectivity index (χ2v) is 18.8.